The molecule has 7 heteroatoms. The van der Waals surface area contributed by atoms with Gasteiger partial charge in [-0.05, 0) is 50.9 Å². The van der Waals surface area contributed by atoms with E-state index in [2.05, 4.69) is 31.1 Å². The standard InChI is InChI=1S/C22H33N3O4/c1-14-11-24(3)15(2)13-29-19-9-8-17(23-21(26)16-6-7-16)10-18(19)22(27)25(4)12-20(14)28-5/h8-10,14-16,20H,6-7,11-13H2,1-5H3,(H,23,26)/t14-,15+,20-/m1/s1. The van der Waals surface area contributed by atoms with Crippen molar-refractivity contribution in [3.8, 4) is 5.75 Å². The van der Waals surface area contributed by atoms with Gasteiger partial charge in [0.15, 0.2) is 0 Å². The number of hydrogen-bond donors (Lipinski definition) is 1. The lowest BCUT2D eigenvalue weighted by Gasteiger charge is -2.34. The van der Waals surface area contributed by atoms with E-state index in [1.165, 1.54) is 0 Å². The molecular weight excluding hydrogens is 370 g/mol. The summed E-state index contributed by atoms with van der Waals surface area (Å²) in [5.74, 6) is 0.771. The summed E-state index contributed by atoms with van der Waals surface area (Å²) in [6.45, 7) is 6.06. The maximum atomic E-state index is 13.2. The molecule has 2 aliphatic rings. The average Bonchev–Trinajstić information content (AvgIpc) is 3.54. The molecule has 1 aromatic rings. The molecule has 1 N–H and O–H groups in total. The van der Waals surface area contributed by atoms with Gasteiger partial charge < -0.3 is 19.7 Å². The number of anilines is 1. The third kappa shape index (κ3) is 5.28. The van der Waals surface area contributed by atoms with Crippen molar-refractivity contribution in [3.63, 3.8) is 0 Å². The van der Waals surface area contributed by atoms with Gasteiger partial charge in [-0.25, -0.2) is 0 Å². The summed E-state index contributed by atoms with van der Waals surface area (Å²) < 4.78 is 11.7. The highest BCUT2D eigenvalue weighted by Crippen LogP contribution is 2.31. The first kappa shape index (κ1) is 21.6. The first-order valence-corrected chi connectivity index (χ1v) is 10.4. The minimum absolute atomic E-state index is 0.0170. The Morgan fingerprint density at radius 3 is 2.59 bits per heavy atom. The van der Waals surface area contributed by atoms with E-state index in [0.29, 0.717) is 30.2 Å². The van der Waals surface area contributed by atoms with Crippen LogP contribution in [0.5, 0.6) is 5.75 Å². The van der Waals surface area contributed by atoms with Crippen LogP contribution in [0.15, 0.2) is 18.2 Å². The molecule has 160 valence electrons. The third-order valence-electron chi connectivity index (χ3n) is 5.97. The molecule has 0 aromatic heterocycles. The Hall–Kier alpha value is -2.12. The molecule has 1 saturated carbocycles. The number of amides is 2. The molecule has 0 saturated heterocycles. The number of carbonyl (C=O) groups excluding carboxylic acids is 2. The number of fused-ring (bicyclic) bond motifs is 1. The predicted molar refractivity (Wildman–Crippen MR) is 112 cm³/mol. The maximum absolute atomic E-state index is 13.2. The second-order valence-corrected chi connectivity index (χ2v) is 8.51. The van der Waals surface area contributed by atoms with Gasteiger partial charge in [-0.15, -0.1) is 0 Å². The Morgan fingerprint density at radius 2 is 1.93 bits per heavy atom. The van der Waals surface area contributed by atoms with Gasteiger partial charge >= 0.3 is 0 Å². The van der Waals surface area contributed by atoms with Crippen molar-refractivity contribution in [2.45, 2.75) is 38.8 Å². The number of benzene rings is 1. The van der Waals surface area contributed by atoms with Crippen molar-refractivity contribution in [3.05, 3.63) is 23.8 Å². The summed E-state index contributed by atoms with van der Waals surface area (Å²) in [5.41, 5.74) is 1.08. The smallest absolute Gasteiger partial charge is 0.257 e. The second kappa shape index (κ2) is 9.13. The van der Waals surface area contributed by atoms with Gasteiger partial charge in [-0.2, -0.15) is 0 Å². The van der Waals surface area contributed by atoms with Crippen molar-refractivity contribution >= 4 is 17.5 Å². The lowest BCUT2D eigenvalue weighted by Crippen LogP contribution is -2.45. The number of methoxy groups -OCH3 is 1. The minimum atomic E-state index is -0.140. The first-order chi connectivity index (χ1) is 13.8. The number of likely N-dealkylation sites (N-methyl/N-ethyl adjacent to an activating group) is 2. The van der Waals surface area contributed by atoms with Crippen LogP contribution < -0.4 is 10.1 Å². The topological polar surface area (TPSA) is 71.1 Å². The molecule has 3 atom stereocenters. The lowest BCUT2D eigenvalue weighted by molar-refractivity contribution is -0.117. The molecule has 1 heterocycles. The summed E-state index contributed by atoms with van der Waals surface area (Å²) in [7, 11) is 5.55. The van der Waals surface area contributed by atoms with Gasteiger partial charge in [0, 0.05) is 44.9 Å². The normalized spacial score (nSPS) is 26.7. The minimum Gasteiger partial charge on any atom is -0.491 e. The summed E-state index contributed by atoms with van der Waals surface area (Å²) in [6, 6.07) is 5.48. The Balaban J connectivity index is 1.89. The first-order valence-electron chi connectivity index (χ1n) is 10.4. The monoisotopic (exact) mass is 403 g/mol. The Morgan fingerprint density at radius 1 is 1.21 bits per heavy atom. The van der Waals surface area contributed by atoms with Gasteiger partial charge in [0.25, 0.3) is 5.91 Å². The number of nitrogens with one attached hydrogen (secondary N) is 1. The third-order valence-corrected chi connectivity index (χ3v) is 5.97. The Kier molecular flexibility index (Phi) is 6.80. The molecule has 1 aliphatic heterocycles. The largest absolute Gasteiger partial charge is 0.491 e. The van der Waals surface area contributed by atoms with Crippen LogP contribution in [0.3, 0.4) is 0 Å². The summed E-state index contributed by atoms with van der Waals surface area (Å²) in [6.07, 6.45) is 1.80. The molecule has 7 nitrogen and oxygen atoms in total. The summed E-state index contributed by atoms with van der Waals surface area (Å²) >= 11 is 0. The summed E-state index contributed by atoms with van der Waals surface area (Å²) in [4.78, 5) is 29.3. The zero-order valence-corrected chi connectivity index (χ0v) is 18.1. The van der Waals surface area contributed by atoms with E-state index >= 15 is 0 Å². The van der Waals surface area contributed by atoms with Gasteiger partial charge in [0.1, 0.15) is 12.4 Å². The van der Waals surface area contributed by atoms with Crippen LogP contribution >= 0.6 is 0 Å². The highest BCUT2D eigenvalue weighted by Gasteiger charge is 2.30. The van der Waals surface area contributed by atoms with E-state index < -0.39 is 0 Å². The van der Waals surface area contributed by atoms with Crippen molar-refractivity contribution in [2.24, 2.45) is 11.8 Å². The van der Waals surface area contributed by atoms with E-state index in [1.807, 2.05) is 0 Å². The SMILES string of the molecule is CO[C@@H]1CN(C)C(=O)c2cc(NC(=O)C3CC3)ccc2OC[C@H](C)N(C)C[C@H]1C. The van der Waals surface area contributed by atoms with E-state index in [4.69, 9.17) is 9.47 Å². The number of carbonyl (C=O) groups is 2. The number of nitrogens with zero attached hydrogens (tertiary/aromatic N) is 2. The zero-order valence-electron chi connectivity index (χ0n) is 18.1. The van der Waals surface area contributed by atoms with Crippen LogP contribution in [0.25, 0.3) is 0 Å². The molecule has 3 rings (SSSR count). The molecule has 0 bridgehead atoms. The van der Waals surface area contributed by atoms with Gasteiger partial charge in [-0.3, -0.25) is 14.5 Å². The van der Waals surface area contributed by atoms with Gasteiger partial charge in [-0.1, -0.05) is 6.92 Å². The highest BCUT2D eigenvalue weighted by molar-refractivity contribution is 6.00. The fraction of sp³-hybridized carbons (Fsp3) is 0.636. The van der Waals surface area contributed by atoms with Crippen LogP contribution in [-0.2, 0) is 9.53 Å². The van der Waals surface area contributed by atoms with Crippen LogP contribution in [0, 0.1) is 11.8 Å². The molecule has 0 radical (unpaired) electrons. The molecule has 0 spiro atoms. The summed E-state index contributed by atoms with van der Waals surface area (Å²) in [5, 5.41) is 2.92. The molecule has 1 fully saturated rings. The van der Waals surface area contributed by atoms with Gasteiger partial charge in [0.2, 0.25) is 5.91 Å². The number of rotatable bonds is 3. The van der Waals surface area contributed by atoms with Crippen LogP contribution in [0.1, 0.15) is 37.0 Å². The predicted octanol–water partition coefficient (Wildman–Crippen LogP) is 2.47. The number of hydrogen-bond acceptors (Lipinski definition) is 5. The van der Waals surface area contributed by atoms with Crippen molar-refractivity contribution in [2.75, 3.05) is 46.2 Å². The molecular formula is C22H33N3O4. The number of ether oxygens (including phenoxy) is 2. The van der Waals surface area contributed by atoms with E-state index in [-0.39, 0.29) is 35.8 Å². The maximum Gasteiger partial charge on any atom is 0.257 e. The quantitative estimate of drug-likeness (QED) is 0.840. The highest BCUT2D eigenvalue weighted by atomic mass is 16.5. The molecule has 0 unspecified atom stereocenters. The van der Waals surface area contributed by atoms with E-state index in [0.717, 1.165) is 19.4 Å². The molecule has 1 aromatic carbocycles. The Labute approximate surface area is 173 Å². The van der Waals surface area contributed by atoms with Crippen LogP contribution in [0.4, 0.5) is 5.69 Å². The second-order valence-electron chi connectivity index (χ2n) is 8.51. The van der Waals surface area contributed by atoms with Crippen LogP contribution in [-0.4, -0.2) is 74.7 Å². The van der Waals surface area contributed by atoms with Crippen molar-refractivity contribution < 1.29 is 19.1 Å². The van der Waals surface area contributed by atoms with Gasteiger partial charge in [0.05, 0.1) is 11.7 Å². The molecule has 1 aliphatic carbocycles. The van der Waals surface area contributed by atoms with E-state index in [1.54, 1.807) is 37.3 Å². The zero-order chi connectivity index (χ0) is 21.1. The molecule has 2 amide bonds. The fourth-order valence-corrected chi connectivity index (χ4v) is 3.63. The van der Waals surface area contributed by atoms with Crippen LogP contribution in [0.2, 0.25) is 0 Å². The van der Waals surface area contributed by atoms with E-state index in [9.17, 15) is 9.59 Å². The Bertz CT molecular complexity index is 750. The fourth-order valence-electron chi connectivity index (χ4n) is 3.63. The van der Waals surface area contributed by atoms with Crippen molar-refractivity contribution in [1.82, 2.24) is 9.80 Å². The van der Waals surface area contributed by atoms with Crippen molar-refractivity contribution in [1.29, 1.82) is 0 Å². The molecule has 29 heavy (non-hydrogen) atoms. The average molecular weight is 404 g/mol. The lowest BCUT2D eigenvalue weighted by atomic mass is 10.0.